The van der Waals surface area contributed by atoms with Gasteiger partial charge in [-0.3, -0.25) is 9.78 Å². The van der Waals surface area contributed by atoms with E-state index in [-0.39, 0.29) is 12.5 Å². The highest BCUT2D eigenvalue weighted by Crippen LogP contribution is 2.20. The van der Waals surface area contributed by atoms with Crippen LogP contribution < -0.4 is 10.2 Å². The maximum Gasteiger partial charge on any atom is 0.251 e. The topological polar surface area (TPSA) is 80.5 Å². The number of anilines is 1. The van der Waals surface area contributed by atoms with Gasteiger partial charge in [0, 0.05) is 36.7 Å². The van der Waals surface area contributed by atoms with Crippen molar-refractivity contribution in [2.75, 3.05) is 31.2 Å². The first-order valence-electron chi connectivity index (χ1n) is 8.86. The number of aromatic nitrogens is 2. The summed E-state index contributed by atoms with van der Waals surface area (Å²) in [5, 5.41) is 2.90. The fourth-order valence-corrected chi connectivity index (χ4v) is 3.03. The van der Waals surface area contributed by atoms with E-state index in [1.165, 1.54) is 0 Å². The average Bonchev–Trinajstić information content (AvgIpc) is 3.28. The zero-order chi connectivity index (χ0) is 18.5. The first-order valence-corrected chi connectivity index (χ1v) is 8.86. The molecular formula is C20H20N4O3. The maximum absolute atomic E-state index is 12.5. The smallest absolute Gasteiger partial charge is 0.251 e. The molecule has 7 nitrogen and oxygen atoms in total. The van der Waals surface area contributed by atoms with Crippen LogP contribution in [-0.4, -0.2) is 42.2 Å². The van der Waals surface area contributed by atoms with Gasteiger partial charge in [0.1, 0.15) is 5.69 Å². The zero-order valence-electron chi connectivity index (χ0n) is 14.8. The standard InChI is InChI=1S/C20H20N4O3/c25-20(15-3-5-16(6-4-15)24-9-12-26-13-10-24)23-14-17-19(22-8-7-21-17)18-2-1-11-27-18/h1-8,11H,9-10,12-14H2,(H,23,25). The Morgan fingerprint density at radius 2 is 1.85 bits per heavy atom. The molecule has 3 heterocycles. The molecule has 27 heavy (non-hydrogen) atoms. The third kappa shape index (κ3) is 3.98. The average molecular weight is 364 g/mol. The van der Waals surface area contributed by atoms with Crippen molar-refractivity contribution in [1.29, 1.82) is 0 Å². The van der Waals surface area contributed by atoms with Crippen LogP contribution in [0.4, 0.5) is 5.69 Å². The minimum atomic E-state index is -0.153. The van der Waals surface area contributed by atoms with E-state index in [0.29, 0.717) is 22.7 Å². The van der Waals surface area contributed by atoms with Crippen LogP contribution in [0.3, 0.4) is 0 Å². The van der Waals surface area contributed by atoms with Crippen LogP contribution in [0.15, 0.2) is 59.5 Å². The van der Waals surface area contributed by atoms with E-state index in [1.807, 2.05) is 30.3 Å². The van der Waals surface area contributed by atoms with Gasteiger partial charge in [-0.05, 0) is 36.4 Å². The van der Waals surface area contributed by atoms with Gasteiger partial charge in [0.2, 0.25) is 0 Å². The highest BCUT2D eigenvalue weighted by molar-refractivity contribution is 5.94. The van der Waals surface area contributed by atoms with Crippen LogP contribution in [0.2, 0.25) is 0 Å². The van der Waals surface area contributed by atoms with Crippen LogP contribution >= 0.6 is 0 Å². The van der Waals surface area contributed by atoms with Gasteiger partial charge in [0.25, 0.3) is 5.91 Å². The number of furan rings is 1. The molecule has 0 atom stereocenters. The molecule has 1 aliphatic rings. The minimum Gasteiger partial charge on any atom is -0.463 e. The number of ether oxygens (including phenoxy) is 1. The molecule has 2 aromatic heterocycles. The van der Waals surface area contributed by atoms with Crippen LogP contribution in [0, 0.1) is 0 Å². The molecule has 1 aromatic carbocycles. The second-order valence-electron chi connectivity index (χ2n) is 6.16. The Hall–Kier alpha value is -3.19. The summed E-state index contributed by atoms with van der Waals surface area (Å²) in [6.45, 7) is 3.48. The van der Waals surface area contributed by atoms with E-state index in [9.17, 15) is 4.79 Å². The molecule has 1 aliphatic heterocycles. The molecule has 1 fully saturated rings. The summed E-state index contributed by atoms with van der Waals surface area (Å²) in [4.78, 5) is 23.4. The van der Waals surface area contributed by atoms with Crippen molar-refractivity contribution in [1.82, 2.24) is 15.3 Å². The van der Waals surface area contributed by atoms with Gasteiger partial charge in [-0.15, -0.1) is 0 Å². The number of hydrogen-bond donors (Lipinski definition) is 1. The van der Waals surface area contributed by atoms with Crippen LogP contribution in [0.25, 0.3) is 11.5 Å². The van der Waals surface area contributed by atoms with Gasteiger partial charge in [-0.1, -0.05) is 0 Å². The summed E-state index contributed by atoms with van der Waals surface area (Å²) >= 11 is 0. The van der Waals surface area contributed by atoms with Crippen molar-refractivity contribution in [2.24, 2.45) is 0 Å². The van der Waals surface area contributed by atoms with Crippen molar-refractivity contribution >= 4 is 11.6 Å². The number of carbonyl (C=O) groups excluding carboxylic acids is 1. The second-order valence-corrected chi connectivity index (χ2v) is 6.16. The molecule has 0 radical (unpaired) electrons. The van der Waals surface area contributed by atoms with E-state index >= 15 is 0 Å². The number of rotatable bonds is 5. The Bertz CT molecular complexity index is 888. The summed E-state index contributed by atoms with van der Waals surface area (Å²) < 4.78 is 10.8. The highest BCUT2D eigenvalue weighted by atomic mass is 16.5. The Morgan fingerprint density at radius 1 is 1.07 bits per heavy atom. The quantitative estimate of drug-likeness (QED) is 0.749. The largest absolute Gasteiger partial charge is 0.463 e. The predicted octanol–water partition coefficient (Wildman–Crippen LogP) is 2.50. The van der Waals surface area contributed by atoms with Gasteiger partial charge in [0.15, 0.2) is 5.76 Å². The van der Waals surface area contributed by atoms with Gasteiger partial charge in [0.05, 0.1) is 31.7 Å². The highest BCUT2D eigenvalue weighted by Gasteiger charge is 2.14. The molecule has 0 saturated carbocycles. The number of benzene rings is 1. The molecule has 0 unspecified atom stereocenters. The van der Waals surface area contributed by atoms with Crippen molar-refractivity contribution in [2.45, 2.75) is 6.54 Å². The molecule has 4 rings (SSSR count). The molecule has 1 saturated heterocycles. The third-order valence-corrected chi connectivity index (χ3v) is 4.45. The van der Waals surface area contributed by atoms with E-state index in [4.69, 9.17) is 9.15 Å². The van der Waals surface area contributed by atoms with Gasteiger partial charge >= 0.3 is 0 Å². The minimum absolute atomic E-state index is 0.153. The van der Waals surface area contributed by atoms with Crippen molar-refractivity contribution in [3.8, 4) is 11.5 Å². The summed E-state index contributed by atoms with van der Waals surface area (Å²) in [7, 11) is 0. The maximum atomic E-state index is 12.5. The third-order valence-electron chi connectivity index (χ3n) is 4.45. The molecular weight excluding hydrogens is 344 g/mol. The van der Waals surface area contributed by atoms with E-state index in [1.54, 1.807) is 24.7 Å². The number of morpholine rings is 1. The van der Waals surface area contributed by atoms with Crippen molar-refractivity contribution in [3.05, 3.63) is 66.3 Å². The number of carbonyl (C=O) groups is 1. The molecule has 7 heteroatoms. The lowest BCUT2D eigenvalue weighted by atomic mass is 10.1. The molecule has 1 N–H and O–H groups in total. The Kier molecular flexibility index (Phi) is 5.11. The monoisotopic (exact) mass is 364 g/mol. The lowest BCUT2D eigenvalue weighted by Crippen LogP contribution is -2.36. The molecule has 0 aliphatic carbocycles. The molecule has 0 spiro atoms. The fraction of sp³-hybridized carbons (Fsp3) is 0.250. The van der Waals surface area contributed by atoms with Crippen LogP contribution in [0.5, 0.6) is 0 Å². The normalized spacial score (nSPS) is 14.1. The molecule has 3 aromatic rings. The number of nitrogens with one attached hydrogen (secondary N) is 1. The van der Waals surface area contributed by atoms with Crippen molar-refractivity contribution < 1.29 is 13.9 Å². The van der Waals surface area contributed by atoms with Gasteiger partial charge < -0.3 is 19.4 Å². The summed E-state index contributed by atoms with van der Waals surface area (Å²) in [6, 6.07) is 11.2. The number of nitrogens with zero attached hydrogens (tertiary/aromatic N) is 3. The Balaban J connectivity index is 1.41. The lowest BCUT2D eigenvalue weighted by molar-refractivity contribution is 0.0950. The lowest BCUT2D eigenvalue weighted by Gasteiger charge is -2.28. The number of hydrogen-bond acceptors (Lipinski definition) is 6. The summed E-state index contributed by atoms with van der Waals surface area (Å²) in [6.07, 6.45) is 4.79. The first-order chi connectivity index (χ1) is 13.3. The number of amides is 1. The molecule has 1 amide bonds. The van der Waals surface area contributed by atoms with Crippen LogP contribution in [-0.2, 0) is 11.3 Å². The van der Waals surface area contributed by atoms with Crippen LogP contribution in [0.1, 0.15) is 16.1 Å². The predicted molar refractivity (Wildman–Crippen MR) is 100 cm³/mol. The van der Waals surface area contributed by atoms with Gasteiger partial charge in [-0.2, -0.15) is 0 Å². The van der Waals surface area contributed by atoms with E-state index in [0.717, 1.165) is 32.0 Å². The zero-order valence-corrected chi connectivity index (χ0v) is 14.8. The molecule has 0 bridgehead atoms. The Morgan fingerprint density at radius 3 is 2.59 bits per heavy atom. The second kappa shape index (κ2) is 8.01. The SMILES string of the molecule is O=C(NCc1nccnc1-c1ccco1)c1ccc(N2CCOCC2)cc1. The van der Waals surface area contributed by atoms with E-state index < -0.39 is 0 Å². The van der Waals surface area contributed by atoms with E-state index in [2.05, 4.69) is 20.2 Å². The van der Waals surface area contributed by atoms with Gasteiger partial charge in [-0.25, -0.2) is 4.98 Å². The van der Waals surface area contributed by atoms with Crippen molar-refractivity contribution in [3.63, 3.8) is 0 Å². The fourth-order valence-electron chi connectivity index (χ4n) is 3.03. The summed E-state index contributed by atoms with van der Waals surface area (Å²) in [5.41, 5.74) is 3.00. The first kappa shape index (κ1) is 17.2. The summed E-state index contributed by atoms with van der Waals surface area (Å²) in [5.74, 6) is 0.474. The Labute approximate surface area is 157 Å². The molecule has 138 valence electrons.